The zero-order valence-corrected chi connectivity index (χ0v) is 19.2. The van der Waals surface area contributed by atoms with Gasteiger partial charge in [-0.1, -0.05) is 0 Å². The maximum Gasteiger partial charge on any atom is 0 e. The van der Waals surface area contributed by atoms with Gasteiger partial charge in [0.05, 0.1) is 0 Å². The molecule has 0 saturated carbocycles. The Kier molecular flexibility index (Phi) is 35.8. The topological polar surface area (TPSA) is 389 Å². The SMILES string of the molecule is O=P(O)(O)O.O=P(O)(O)O.O=P(O)(O)O.O=P(O)(O)O.O=P(O)(O)O.[LiH].[Nd]. The monoisotopic (exact) mass is 640 g/mol. The van der Waals surface area contributed by atoms with Crippen LogP contribution in [0, 0.1) is 40.8 Å². The Morgan fingerprint density at radius 1 is 0.296 bits per heavy atom. The fraction of sp³-hybridized carbons (Fsp3) is 0. The van der Waals surface area contributed by atoms with Crippen molar-refractivity contribution < 1.29 is 137 Å². The molecule has 15 N–H and O–H groups in total. The van der Waals surface area contributed by atoms with Gasteiger partial charge in [0, 0.05) is 40.8 Å². The van der Waals surface area contributed by atoms with E-state index in [0.717, 1.165) is 0 Å². The third kappa shape index (κ3) is 3210. The number of hydrogen-bond donors (Lipinski definition) is 15. The summed E-state index contributed by atoms with van der Waals surface area (Å²) in [7, 11) is -23.2. The molecule has 0 bridgehead atoms. The van der Waals surface area contributed by atoms with Crippen molar-refractivity contribution in [1.29, 1.82) is 0 Å². The second-order valence-corrected chi connectivity index (χ2v) is 7.70. The fourth-order valence-corrected chi connectivity index (χ4v) is 0. The van der Waals surface area contributed by atoms with Crippen LogP contribution in [0.4, 0.5) is 0 Å². The molecule has 20 nitrogen and oxygen atoms in total. The van der Waals surface area contributed by atoms with Gasteiger partial charge in [-0.15, -0.1) is 0 Å². The van der Waals surface area contributed by atoms with Crippen molar-refractivity contribution in [3.05, 3.63) is 0 Å². The fourth-order valence-electron chi connectivity index (χ4n) is 0. The van der Waals surface area contributed by atoms with Crippen LogP contribution in [0.25, 0.3) is 0 Å². The predicted molar refractivity (Wildman–Crippen MR) is 78.5 cm³/mol. The van der Waals surface area contributed by atoms with Gasteiger partial charge in [-0.3, -0.25) is 0 Å². The molecule has 0 rings (SSSR count). The summed E-state index contributed by atoms with van der Waals surface area (Å²) in [6.45, 7) is 0. The van der Waals surface area contributed by atoms with E-state index in [1.165, 1.54) is 0 Å². The molecule has 0 aromatic carbocycles. The second kappa shape index (κ2) is 20.4. The van der Waals surface area contributed by atoms with E-state index in [-0.39, 0.29) is 59.7 Å². The van der Waals surface area contributed by atoms with Crippen molar-refractivity contribution in [2.75, 3.05) is 0 Å². The van der Waals surface area contributed by atoms with Crippen LogP contribution in [-0.4, -0.2) is 92.3 Å². The second-order valence-electron chi connectivity index (χ2n) is 2.57. The Labute approximate surface area is 193 Å². The molecule has 0 unspecified atom stereocenters. The molecule has 0 aliphatic rings. The first-order valence-electron chi connectivity index (χ1n) is 3.91. The molecule has 0 fully saturated rings. The molecule has 0 aromatic rings. The minimum absolute atomic E-state index is 0. The largest absolute Gasteiger partial charge is 0 e. The first-order valence-corrected chi connectivity index (χ1v) is 11.7. The summed E-state index contributed by atoms with van der Waals surface area (Å²) in [6.07, 6.45) is 0. The van der Waals surface area contributed by atoms with Crippen LogP contribution in [0.15, 0.2) is 0 Å². The Morgan fingerprint density at radius 3 is 0.296 bits per heavy atom. The van der Waals surface area contributed by atoms with Crippen LogP contribution in [0.1, 0.15) is 0 Å². The molecule has 0 radical (unpaired) electrons. The molecule has 0 aromatic heterocycles. The van der Waals surface area contributed by atoms with E-state index >= 15 is 0 Å². The van der Waals surface area contributed by atoms with E-state index in [1.807, 2.05) is 0 Å². The summed E-state index contributed by atoms with van der Waals surface area (Å²) in [6, 6.07) is 0. The summed E-state index contributed by atoms with van der Waals surface area (Å²) < 4.78 is 44.4. The molecule has 0 amide bonds. The van der Waals surface area contributed by atoms with Gasteiger partial charge in [0.15, 0.2) is 0 Å². The van der Waals surface area contributed by atoms with Crippen molar-refractivity contribution in [3.63, 3.8) is 0 Å². The molecule has 0 aliphatic carbocycles. The average molecular weight is 642 g/mol. The zero-order valence-electron chi connectivity index (χ0n) is 11.5. The van der Waals surface area contributed by atoms with Gasteiger partial charge in [0.25, 0.3) is 0 Å². The minimum Gasteiger partial charge on any atom is 0 e. The van der Waals surface area contributed by atoms with E-state index in [1.54, 1.807) is 0 Å². The maximum atomic E-state index is 8.88. The third-order valence-electron chi connectivity index (χ3n) is 0. The van der Waals surface area contributed by atoms with E-state index in [2.05, 4.69) is 0 Å². The number of hydrogen-bond acceptors (Lipinski definition) is 5. The molecule has 0 saturated heterocycles. The van der Waals surface area contributed by atoms with Crippen LogP contribution < -0.4 is 0 Å². The van der Waals surface area contributed by atoms with Crippen molar-refractivity contribution in [1.82, 2.24) is 0 Å². The van der Waals surface area contributed by atoms with E-state index in [9.17, 15) is 0 Å². The predicted octanol–water partition coefficient (Wildman–Crippen LogP) is -5.29. The Bertz CT molecular complexity index is 377. The van der Waals surface area contributed by atoms with Crippen LogP contribution >= 0.6 is 39.1 Å². The normalized spacial score (nSPS) is 10.9. The smallest absolute Gasteiger partial charge is 0 e. The minimum atomic E-state index is -4.64. The molecular formula is H16LiNdO20P5. The molecule has 0 spiro atoms. The molecule has 27 heavy (non-hydrogen) atoms. The molecular weight excluding hydrogens is 626 g/mol. The van der Waals surface area contributed by atoms with E-state index in [0.29, 0.717) is 0 Å². The van der Waals surface area contributed by atoms with Crippen LogP contribution in [-0.2, 0) is 22.8 Å². The van der Waals surface area contributed by atoms with Gasteiger partial charge in [0.2, 0.25) is 0 Å². The van der Waals surface area contributed by atoms with Gasteiger partial charge >= 0.3 is 58.0 Å². The van der Waals surface area contributed by atoms with Gasteiger partial charge in [-0.2, -0.15) is 0 Å². The molecule has 27 heteroatoms. The standard InChI is InChI=1S/Li.Nd.5H3O4P.H/c;;5*1-5(2,3)4;/h;;5*(H3,1,2,3,4);. The van der Waals surface area contributed by atoms with Crippen molar-refractivity contribution in [2.45, 2.75) is 0 Å². The molecule has 0 atom stereocenters. The average Bonchev–Trinajstić information content (AvgIpc) is 1.79. The quantitative estimate of drug-likeness (QED) is 0.0866. The van der Waals surface area contributed by atoms with Gasteiger partial charge in [-0.05, 0) is 0 Å². The Balaban J connectivity index is -0.0000000364. The summed E-state index contributed by atoms with van der Waals surface area (Å²) in [4.78, 5) is 108. The van der Waals surface area contributed by atoms with Crippen molar-refractivity contribution >= 4 is 58.0 Å². The van der Waals surface area contributed by atoms with Gasteiger partial charge in [-0.25, -0.2) is 22.8 Å². The van der Waals surface area contributed by atoms with Crippen molar-refractivity contribution in [2.24, 2.45) is 0 Å². The number of phosphoric acid groups is 5. The van der Waals surface area contributed by atoms with Gasteiger partial charge in [0.1, 0.15) is 0 Å². The maximum absolute atomic E-state index is 8.88. The summed E-state index contributed by atoms with van der Waals surface area (Å²) >= 11 is 0. The molecule has 0 aliphatic heterocycles. The molecule has 166 valence electrons. The third-order valence-corrected chi connectivity index (χ3v) is 0. The van der Waals surface area contributed by atoms with Crippen LogP contribution in [0.5, 0.6) is 0 Å². The van der Waals surface area contributed by atoms with Gasteiger partial charge < -0.3 is 73.4 Å². The summed E-state index contributed by atoms with van der Waals surface area (Å²) in [5.41, 5.74) is 0. The Morgan fingerprint density at radius 2 is 0.296 bits per heavy atom. The first kappa shape index (κ1) is 47.3. The van der Waals surface area contributed by atoms with Crippen LogP contribution in [0.3, 0.4) is 0 Å². The van der Waals surface area contributed by atoms with Crippen molar-refractivity contribution in [3.8, 4) is 0 Å². The van der Waals surface area contributed by atoms with E-state index in [4.69, 9.17) is 96.2 Å². The Hall–Kier alpha value is 2.50. The van der Waals surface area contributed by atoms with E-state index < -0.39 is 39.1 Å². The number of rotatable bonds is 0. The summed E-state index contributed by atoms with van der Waals surface area (Å²) in [5, 5.41) is 0. The zero-order chi connectivity index (χ0) is 22.5. The molecule has 0 heterocycles. The summed E-state index contributed by atoms with van der Waals surface area (Å²) in [5.74, 6) is 0. The van der Waals surface area contributed by atoms with Crippen LogP contribution in [0.2, 0.25) is 0 Å². The first-order chi connectivity index (χ1) is 10.0.